The van der Waals surface area contributed by atoms with E-state index in [1.54, 1.807) is 6.07 Å². The van der Waals surface area contributed by atoms with E-state index in [0.717, 1.165) is 69.5 Å². The number of carbonyl (C=O) groups excluding carboxylic acids is 1. The molecular weight excluding hydrogens is 534 g/mol. The average Bonchev–Trinajstić information content (AvgIpc) is 3.70. The molecule has 212 valence electrons. The van der Waals surface area contributed by atoms with Crippen LogP contribution in [0.4, 0.5) is 16.1 Å². The quantitative estimate of drug-likeness (QED) is 0.509. The molecule has 2 aromatic rings. The topological polar surface area (TPSA) is 102 Å². The molecule has 12 heteroatoms. The number of hydrogen-bond acceptors (Lipinski definition) is 10. The molecule has 2 saturated heterocycles. The Bertz CT molecular complexity index is 1110. The van der Waals surface area contributed by atoms with Gasteiger partial charge in [0.05, 0.1) is 6.04 Å². The van der Waals surface area contributed by atoms with Crippen LogP contribution in [0.25, 0.3) is 0 Å². The van der Waals surface area contributed by atoms with Gasteiger partial charge in [-0.3, -0.25) is 15.0 Å². The Morgan fingerprint density at radius 1 is 0.974 bits per heavy atom. The molecular formula is C27H40ClN9OS. The molecule has 10 nitrogen and oxygen atoms in total. The summed E-state index contributed by atoms with van der Waals surface area (Å²) in [6.45, 7) is 5.57. The molecule has 4 heterocycles. The summed E-state index contributed by atoms with van der Waals surface area (Å²) in [6.07, 6.45) is 11.4. The van der Waals surface area contributed by atoms with Crippen molar-refractivity contribution in [2.24, 2.45) is 11.3 Å². The number of anilines is 3. The number of rotatable bonds is 7. The summed E-state index contributed by atoms with van der Waals surface area (Å²) in [5.41, 5.74) is 0.565. The summed E-state index contributed by atoms with van der Waals surface area (Å²) >= 11 is 7.30. The maximum Gasteiger partial charge on any atom is 0.243 e. The summed E-state index contributed by atoms with van der Waals surface area (Å²) < 4.78 is 0. The van der Waals surface area contributed by atoms with Crippen LogP contribution in [0.1, 0.15) is 57.8 Å². The molecule has 2 saturated carbocycles. The number of nitrogens with zero attached hydrogens (tertiary/aromatic N) is 7. The molecule has 0 radical (unpaired) electrons. The van der Waals surface area contributed by atoms with Crippen LogP contribution in [0.2, 0.25) is 5.15 Å². The highest BCUT2D eigenvalue weighted by Gasteiger charge is 2.43. The van der Waals surface area contributed by atoms with E-state index in [9.17, 15) is 4.79 Å². The molecule has 4 fully saturated rings. The van der Waals surface area contributed by atoms with Gasteiger partial charge in [-0.15, -0.1) is 20.4 Å². The van der Waals surface area contributed by atoms with Crippen LogP contribution in [-0.2, 0) is 4.79 Å². The maximum atomic E-state index is 13.8. The Hall–Kier alpha value is -2.08. The highest BCUT2D eigenvalue weighted by atomic mass is 35.5. The lowest BCUT2D eigenvalue weighted by Gasteiger charge is -2.44. The Labute approximate surface area is 239 Å². The zero-order valence-corrected chi connectivity index (χ0v) is 24.4. The smallest absolute Gasteiger partial charge is 0.243 e. The molecule has 2 atom stereocenters. The van der Waals surface area contributed by atoms with E-state index in [-0.39, 0.29) is 18.0 Å². The second-order valence-corrected chi connectivity index (χ2v) is 13.4. The summed E-state index contributed by atoms with van der Waals surface area (Å²) in [4.78, 5) is 20.8. The lowest BCUT2D eigenvalue weighted by Crippen LogP contribution is -2.56. The van der Waals surface area contributed by atoms with Gasteiger partial charge >= 0.3 is 0 Å². The van der Waals surface area contributed by atoms with Gasteiger partial charge in [0, 0.05) is 45.3 Å². The van der Waals surface area contributed by atoms with Crippen LogP contribution < -0.4 is 15.5 Å². The Morgan fingerprint density at radius 2 is 1.72 bits per heavy atom. The third-order valence-corrected chi connectivity index (χ3v) is 10.5. The zero-order valence-electron chi connectivity index (χ0n) is 22.8. The van der Waals surface area contributed by atoms with Crippen molar-refractivity contribution in [3.63, 3.8) is 0 Å². The van der Waals surface area contributed by atoms with E-state index in [2.05, 4.69) is 52.8 Å². The van der Waals surface area contributed by atoms with E-state index < -0.39 is 0 Å². The first-order valence-electron chi connectivity index (χ1n) is 14.5. The number of nitrogens with one attached hydrogen (secondary N) is 2. The molecule has 6 rings (SSSR count). The van der Waals surface area contributed by atoms with Gasteiger partial charge < -0.3 is 15.1 Å². The third kappa shape index (κ3) is 6.31. The normalized spacial score (nSPS) is 25.3. The van der Waals surface area contributed by atoms with E-state index in [4.69, 9.17) is 11.6 Å². The van der Waals surface area contributed by atoms with Crippen molar-refractivity contribution in [2.75, 3.05) is 61.8 Å². The number of likely N-dealkylation sites (N-methyl/N-ethyl adjacent to an activating group) is 1. The minimum Gasteiger partial charge on any atom is -0.355 e. The molecule has 0 unspecified atom stereocenters. The van der Waals surface area contributed by atoms with Gasteiger partial charge in [0.1, 0.15) is 0 Å². The maximum absolute atomic E-state index is 13.8. The summed E-state index contributed by atoms with van der Waals surface area (Å²) in [5.74, 6) is 1.32. The fraction of sp³-hybridized carbons (Fsp3) is 0.741. The van der Waals surface area contributed by atoms with Crippen LogP contribution >= 0.6 is 22.9 Å². The molecule has 1 amide bonds. The predicted octanol–water partition coefficient (Wildman–Crippen LogP) is 3.98. The number of hydrogen-bond donors (Lipinski definition) is 2. The second-order valence-electron chi connectivity index (χ2n) is 12.0. The lowest BCUT2D eigenvalue weighted by molar-refractivity contribution is -0.125. The Kier molecular flexibility index (Phi) is 8.20. The van der Waals surface area contributed by atoms with Crippen molar-refractivity contribution in [2.45, 2.75) is 69.9 Å². The van der Waals surface area contributed by atoms with Crippen LogP contribution in [0.3, 0.4) is 0 Å². The van der Waals surface area contributed by atoms with Gasteiger partial charge in [0.25, 0.3) is 0 Å². The van der Waals surface area contributed by atoms with Crippen molar-refractivity contribution >= 4 is 44.9 Å². The van der Waals surface area contributed by atoms with Crippen molar-refractivity contribution < 1.29 is 4.79 Å². The highest BCUT2D eigenvalue weighted by Crippen LogP contribution is 2.51. The van der Waals surface area contributed by atoms with E-state index in [1.165, 1.54) is 49.9 Å². The monoisotopic (exact) mass is 573 g/mol. The lowest BCUT2D eigenvalue weighted by atomic mass is 9.67. The number of amides is 1. The molecule has 2 aromatic heterocycles. The van der Waals surface area contributed by atoms with Crippen molar-refractivity contribution in [1.82, 2.24) is 30.2 Å². The van der Waals surface area contributed by atoms with Gasteiger partial charge in [-0.1, -0.05) is 35.8 Å². The van der Waals surface area contributed by atoms with Gasteiger partial charge in [-0.2, -0.15) is 0 Å². The molecule has 0 aromatic carbocycles. The van der Waals surface area contributed by atoms with E-state index in [0.29, 0.717) is 21.6 Å². The number of aromatic nitrogens is 4. The van der Waals surface area contributed by atoms with Crippen LogP contribution in [-0.4, -0.2) is 94.5 Å². The summed E-state index contributed by atoms with van der Waals surface area (Å²) in [6, 6.07) is 3.79. The Morgan fingerprint density at radius 3 is 2.44 bits per heavy atom. The fourth-order valence-corrected chi connectivity index (χ4v) is 8.05. The first kappa shape index (κ1) is 27.1. The number of carbonyl (C=O) groups is 1. The molecule has 4 aliphatic rings. The standard InChI is InChI=1S/C27H40ClN9OS/c1-35-14-16-36(17-15-35)23(19-6-11-27(12-7-19)9-2-3-10-27)24(38)30-26-34-33-25(39-26)29-20-8-13-37(18-20)22-5-4-21(28)31-32-22/h4-5,19-20,23H,2-3,6-18H2,1H3,(H,29,33)(H,30,34,38)/t20-,23+/m1/s1. The first-order chi connectivity index (χ1) is 19.0. The van der Waals surface area contributed by atoms with Gasteiger partial charge in [0.2, 0.25) is 16.2 Å². The first-order valence-corrected chi connectivity index (χ1v) is 15.7. The van der Waals surface area contributed by atoms with E-state index in [1.807, 2.05) is 6.07 Å². The number of halogens is 1. The summed E-state index contributed by atoms with van der Waals surface area (Å²) in [5, 5.41) is 25.2. The van der Waals surface area contributed by atoms with Gasteiger partial charge in [0.15, 0.2) is 11.0 Å². The zero-order chi connectivity index (χ0) is 26.8. The third-order valence-electron chi connectivity index (χ3n) is 9.51. The highest BCUT2D eigenvalue weighted by molar-refractivity contribution is 7.19. The van der Waals surface area contributed by atoms with Crippen LogP contribution in [0.15, 0.2) is 12.1 Å². The Balaban J connectivity index is 1.07. The van der Waals surface area contributed by atoms with Crippen molar-refractivity contribution in [1.29, 1.82) is 0 Å². The van der Waals surface area contributed by atoms with Crippen LogP contribution in [0.5, 0.6) is 0 Å². The SMILES string of the molecule is CN1CCN([C@H](C(=O)Nc2nnc(N[C@@H]3CCN(c4ccc(Cl)nn4)C3)s2)C2CCC3(CCCC3)CC2)CC1. The van der Waals surface area contributed by atoms with Gasteiger partial charge in [-0.05, 0) is 75.5 Å². The fourth-order valence-electron chi connectivity index (χ4n) is 7.22. The largest absolute Gasteiger partial charge is 0.355 e. The van der Waals surface area contributed by atoms with Crippen molar-refractivity contribution in [3.8, 4) is 0 Å². The number of piperazine rings is 1. The molecule has 2 aliphatic heterocycles. The molecule has 39 heavy (non-hydrogen) atoms. The minimum absolute atomic E-state index is 0.0861. The molecule has 2 N–H and O–H groups in total. The molecule has 2 aliphatic carbocycles. The second kappa shape index (κ2) is 11.8. The minimum atomic E-state index is -0.0957. The summed E-state index contributed by atoms with van der Waals surface area (Å²) in [7, 11) is 2.17. The molecule has 0 bridgehead atoms. The average molecular weight is 574 g/mol. The van der Waals surface area contributed by atoms with E-state index >= 15 is 0 Å². The van der Waals surface area contributed by atoms with Crippen molar-refractivity contribution in [3.05, 3.63) is 17.3 Å². The van der Waals surface area contributed by atoms with Crippen LogP contribution in [0, 0.1) is 11.3 Å². The van der Waals surface area contributed by atoms with Gasteiger partial charge in [-0.25, -0.2) is 0 Å². The molecule has 1 spiro atoms. The predicted molar refractivity (Wildman–Crippen MR) is 156 cm³/mol.